The zero-order chi connectivity index (χ0) is 41.2. The Morgan fingerprint density at radius 1 is 0.317 bits per heavy atom. The van der Waals surface area contributed by atoms with E-state index < -0.39 is 5.41 Å². The third-order valence-corrected chi connectivity index (χ3v) is 13.7. The van der Waals surface area contributed by atoms with Crippen molar-refractivity contribution in [2.75, 3.05) is 0 Å². The Morgan fingerprint density at radius 2 is 0.825 bits per heavy atom. The van der Waals surface area contributed by atoms with Crippen molar-refractivity contribution in [3.63, 3.8) is 0 Å². The highest BCUT2D eigenvalue weighted by atomic mass is 15.1. The van der Waals surface area contributed by atoms with E-state index in [0.29, 0.717) is 5.82 Å². The summed E-state index contributed by atoms with van der Waals surface area (Å²) in [5.74, 6) is 1.51. The normalized spacial score (nSPS) is 13.2. The molecule has 1 spiro atoms. The first-order valence-corrected chi connectivity index (χ1v) is 21.7. The molecule has 0 saturated carbocycles. The minimum absolute atomic E-state index is 0.436. The van der Waals surface area contributed by atoms with Gasteiger partial charge >= 0.3 is 0 Å². The molecule has 0 amide bonds. The molecule has 0 fully saturated rings. The lowest BCUT2D eigenvalue weighted by molar-refractivity contribution is 0.794. The van der Waals surface area contributed by atoms with E-state index >= 15 is 0 Å². The van der Waals surface area contributed by atoms with E-state index in [4.69, 9.17) is 9.97 Å². The van der Waals surface area contributed by atoms with Crippen LogP contribution in [-0.4, -0.2) is 19.1 Å². The molecule has 9 aromatic carbocycles. The highest BCUT2D eigenvalue weighted by Crippen LogP contribution is 2.63. The van der Waals surface area contributed by atoms with E-state index in [1.807, 2.05) is 6.07 Å². The van der Waals surface area contributed by atoms with E-state index in [2.05, 4.69) is 221 Å². The number of benzene rings is 9. The van der Waals surface area contributed by atoms with Crippen molar-refractivity contribution < 1.29 is 0 Å². The van der Waals surface area contributed by atoms with Gasteiger partial charge in [-0.15, -0.1) is 0 Å². The van der Waals surface area contributed by atoms with Gasteiger partial charge in [0.2, 0.25) is 0 Å². The molecule has 2 aliphatic rings. The molecule has 63 heavy (non-hydrogen) atoms. The smallest absolute Gasteiger partial charge is 0.162 e. The molecule has 14 rings (SSSR count). The molecule has 4 heteroatoms. The van der Waals surface area contributed by atoms with E-state index in [1.54, 1.807) is 0 Å². The minimum atomic E-state index is -0.436. The molecule has 0 unspecified atom stereocenters. The summed E-state index contributed by atoms with van der Waals surface area (Å²) in [4.78, 5) is 10.6. The molecule has 3 aromatic heterocycles. The van der Waals surface area contributed by atoms with Crippen molar-refractivity contribution in [1.82, 2.24) is 19.1 Å². The van der Waals surface area contributed by atoms with Gasteiger partial charge in [0.1, 0.15) is 5.82 Å². The van der Waals surface area contributed by atoms with Crippen LogP contribution in [0.1, 0.15) is 22.3 Å². The average molecular weight is 801 g/mol. The van der Waals surface area contributed by atoms with Crippen LogP contribution in [0.2, 0.25) is 0 Å². The first kappa shape index (κ1) is 34.4. The average Bonchev–Trinajstić information content (AvgIpc) is 4.05. The number of hydrogen-bond acceptors (Lipinski definition) is 2. The lowest BCUT2D eigenvalue weighted by Crippen LogP contribution is -2.25. The van der Waals surface area contributed by atoms with Crippen LogP contribution in [0.5, 0.6) is 0 Å². The molecule has 0 bridgehead atoms. The second-order valence-corrected chi connectivity index (χ2v) is 16.9. The number of para-hydroxylation sites is 3. The molecular weight excluding hydrogens is 765 g/mol. The molecule has 0 N–H and O–H groups in total. The topological polar surface area (TPSA) is 35.6 Å². The van der Waals surface area contributed by atoms with E-state index in [-0.39, 0.29) is 0 Å². The fourth-order valence-corrected chi connectivity index (χ4v) is 11.2. The highest BCUT2D eigenvalue weighted by molar-refractivity contribution is 6.13. The maximum atomic E-state index is 5.32. The zero-order valence-electron chi connectivity index (χ0n) is 34.1. The van der Waals surface area contributed by atoms with Crippen molar-refractivity contribution in [2.24, 2.45) is 0 Å². The summed E-state index contributed by atoms with van der Waals surface area (Å²) in [5, 5.41) is 4.87. The largest absolute Gasteiger partial charge is 0.309 e. The standard InChI is InChI=1S/C59H36N4/c1-2-17-37(18-3-1)58-60-52(36-57(61-58)63-54-31-14-7-24-43(54)44-25-8-15-32-55(44)63)38-19-16-20-39(33-38)62-53-30-13-9-26-45(53)47-34-46-42-23-6-12-29-50(42)59(51(46)35-56(47)62)48-27-10-4-21-40(48)41-22-5-11-28-49(41)59/h1-36H. The molecule has 0 atom stereocenters. The van der Waals surface area contributed by atoms with Crippen molar-refractivity contribution in [3.05, 3.63) is 241 Å². The van der Waals surface area contributed by atoms with Crippen molar-refractivity contribution in [1.29, 1.82) is 0 Å². The Hall–Kier alpha value is -8.34. The number of nitrogens with zero attached hydrogens (tertiary/aromatic N) is 4. The van der Waals surface area contributed by atoms with Crippen LogP contribution in [-0.2, 0) is 5.41 Å². The summed E-state index contributed by atoms with van der Waals surface area (Å²) in [6, 6.07) is 79.5. The first-order chi connectivity index (χ1) is 31.3. The second kappa shape index (κ2) is 12.8. The van der Waals surface area contributed by atoms with Crippen LogP contribution >= 0.6 is 0 Å². The first-order valence-electron chi connectivity index (χ1n) is 21.7. The van der Waals surface area contributed by atoms with Gasteiger partial charge in [-0.05, 0) is 87.0 Å². The lowest BCUT2D eigenvalue weighted by Gasteiger charge is -2.30. The Kier molecular flexibility index (Phi) is 7.01. The van der Waals surface area contributed by atoms with Crippen LogP contribution in [0.3, 0.4) is 0 Å². The molecule has 2 aliphatic carbocycles. The van der Waals surface area contributed by atoms with Crippen LogP contribution in [0.25, 0.3) is 100 Å². The van der Waals surface area contributed by atoms with Gasteiger partial charge in [0.05, 0.1) is 33.2 Å². The van der Waals surface area contributed by atoms with Gasteiger partial charge in [-0.2, -0.15) is 0 Å². The quantitative estimate of drug-likeness (QED) is 0.178. The summed E-state index contributed by atoms with van der Waals surface area (Å²) in [6.07, 6.45) is 0. The van der Waals surface area contributed by atoms with Crippen LogP contribution in [0, 0.1) is 0 Å². The van der Waals surface area contributed by atoms with E-state index in [1.165, 1.54) is 77.1 Å². The third kappa shape index (κ3) is 4.64. The molecule has 4 nitrogen and oxygen atoms in total. The summed E-state index contributed by atoms with van der Waals surface area (Å²) in [7, 11) is 0. The van der Waals surface area contributed by atoms with Gasteiger partial charge in [-0.1, -0.05) is 170 Å². The number of rotatable bonds is 4. The molecule has 3 heterocycles. The minimum Gasteiger partial charge on any atom is -0.309 e. The highest BCUT2D eigenvalue weighted by Gasteiger charge is 2.51. The predicted molar refractivity (Wildman–Crippen MR) is 258 cm³/mol. The predicted octanol–water partition coefficient (Wildman–Crippen LogP) is 14.3. The Morgan fingerprint density at radius 3 is 1.46 bits per heavy atom. The van der Waals surface area contributed by atoms with Crippen LogP contribution in [0.15, 0.2) is 218 Å². The molecule has 0 aliphatic heterocycles. The van der Waals surface area contributed by atoms with Crippen LogP contribution < -0.4 is 0 Å². The summed E-state index contributed by atoms with van der Waals surface area (Å²) < 4.78 is 4.75. The fraction of sp³-hybridized carbons (Fsp3) is 0.0169. The van der Waals surface area contributed by atoms with Crippen LogP contribution in [0.4, 0.5) is 0 Å². The van der Waals surface area contributed by atoms with Crippen molar-refractivity contribution >= 4 is 43.6 Å². The Bertz CT molecular complexity index is 3770. The van der Waals surface area contributed by atoms with Gasteiger partial charge in [0.25, 0.3) is 0 Å². The maximum Gasteiger partial charge on any atom is 0.162 e. The number of aromatic nitrogens is 4. The van der Waals surface area contributed by atoms with E-state index in [9.17, 15) is 0 Å². The van der Waals surface area contributed by atoms with E-state index in [0.717, 1.165) is 39.4 Å². The molecular formula is C59H36N4. The van der Waals surface area contributed by atoms with Gasteiger partial charge in [-0.25, -0.2) is 9.97 Å². The summed E-state index contributed by atoms with van der Waals surface area (Å²) >= 11 is 0. The SMILES string of the molecule is c1ccc(-c2nc(-c3cccc(-n4c5ccccc5c5cc6c(cc54)C4(c5ccccc5-c5ccccc54)c4ccccc4-6)c3)cc(-n3c4ccccc4c4ccccc43)n2)cc1. The molecule has 12 aromatic rings. The summed E-state index contributed by atoms with van der Waals surface area (Å²) in [5.41, 5.74) is 18.6. The number of fused-ring (bicyclic) bond motifs is 16. The molecule has 292 valence electrons. The van der Waals surface area contributed by atoms with Crippen molar-refractivity contribution in [3.8, 4) is 56.4 Å². The second-order valence-electron chi connectivity index (χ2n) is 16.9. The zero-order valence-corrected chi connectivity index (χ0v) is 34.1. The molecule has 0 radical (unpaired) electrons. The Balaban J connectivity index is 1.02. The molecule has 0 saturated heterocycles. The fourth-order valence-electron chi connectivity index (χ4n) is 11.2. The van der Waals surface area contributed by atoms with Gasteiger partial charge < -0.3 is 4.57 Å². The monoisotopic (exact) mass is 800 g/mol. The van der Waals surface area contributed by atoms with Crippen molar-refractivity contribution in [2.45, 2.75) is 5.41 Å². The lowest BCUT2D eigenvalue weighted by atomic mass is 9.70. The van der Waals surface area contributed by atoms with Gasteiger partial charge in [0, 0.05) is 44.4 Å². The van der Waals surface area contributed by atoms with Gasteiger partial charge in [0.15, 0.2) is 5.82 Å². The summed E-state index contributed by atoms with van der Waals surface area (Å²) in [6.45, 7) is 0. The van der Waals surface area contributed by atoms with Gasteiger partial charge in [-0.3, -0.25) is 4.57 Å². The maximum absolute atomic E-state index is 5.32. The Labute approximate surface area is 363 Å². The third-order valence-electron chi connectivity index (χ3n) is 13.7. The number of hydrogen-bond donors (Lipinski definition) is 0.